The Morgan fingerprint density at radius 2 is 1.71 bits per heavy atom. The first-order valence-electron chi connectivity index (χ1n) is 11.0. The summed E-state index contributed by atoms with van der Waals surface area (Å²) in [4.78, 5) is 22.7. The van der Waals surface area contributed by atoms with Crippen LogP contribution in [0.2, 0.25) is 0 Å². The molecule has 4 aromatic rings. The number of nitro benzene ring substituents is 1. The first-order chi connectivity index (χ1) is 17.0. The van der Waals surface area contributed by atoms with Gasteiger partial charge >= 0.3 is 0 Å². The maximum absolute atomic E-state index is 12.4. The minimum atomic E-state index is -0.476. The molecular formula is C25H24N6O3S. The van der Waals surface area contributed by atoms with Gasteiger partial charge in [-0.2, -0.15) is 0 Å². The fraction of sp³-hybridized carbons (Fsp3) is 0.160. The fourth-order valence-corrected chi connectivity index (χ4v) is 4.32. The molecule has 0 aliphatic rings. The van der Waals surface area contributed by atoms with Gasteiger partial charge in [0.05, 0.1) is 11.5 Å². The summed E-state index contributed by atoms with van der Waals surface area (Å²) >= 11 is 1.44. The molecule has 0 atom stereocenters. The number of nitrogens with zero attached hydrogens (tertiary/aromatic N) is 4. The summed E-state index contributed by atoms with van der Waals surface area (Å²) in [6, 6.07) is 23.7. The monoisotopic (exact) mass is 488 g/mol. The van der Waals surface area contributed by atoms with E-state index in [1.165, 1.54) is 36.0 Å². The summed E-state index contributed by atoms with van der Waals surface area (Å²) in [6.07, 6.45) is 0.250. The first-order valence-corrected chi connectivity index (χ1v) is 12.0. The molecule has 3 aromatic carbocycles. The quantitative estimate of drug-likeness (QED) is 0.179. The van der Waals surface area contributed by atoms with Crippen molar-refractivity contribution in [3.8, 4) is 5.69 Å². The molecule has 4 rings (SSSR count). The molecule has 0 spiro atoms. The Hall–Kier alpha value is -4.18. The smallest absolute Gasteiger partial charge is 0.269 e. The van der Waals surface area contributed by atoms with Crippen LogP contribution in [-0.4, -0.2) is 31.3 Å². The van der Waals surface area contributed by atoms with Crippen molar-refractivity contribution in [1.82, 2.24) is 14.8 Å². The van der Waals surface area contributed by atoms with Gasteiger partial charge < -0.3 is 10.6 Å². The number of amides is 1. The molecule has 9 nitrogen and oxygen atoms in total. The maximum atomic E-state index is 12.4. The van der Waals surface area contributed by atoms with Gasteiger partial charge in [-0.3, -0.25) is 19.5 Å². The van der Waals surface area contributed by atoms with E-state index in [2.05, 4.69) is 20.8 Å². The number of non-ortho nitro benzene ring substituents is 1. The van der Waals surface area contributed by atoms with Gasteiger partial charge in [-0.25, -0.2) is 0 Å². The number of rotatable bonds is 10. The second-order valence-electron chi connectivity index (χ2n) is 7.69. The lowest BCUT2D eigenvalue weighted by Gasteiger charge is -2.12. The minimum absolute atomic E-state index is 0.0217. The zero-order chi connectivity index (χ0) is 24.6. The zero-order valence-corrected chi connectivity index (χ0v) is 19.9. The van der Waals surface area contributed by atoms with Crippen molar-refractivity contribution < 1.29 is 9.72 Å². The largest absolute Gasteiger partial charge is 0.378 e. The molecule has 0 saturated heterocycles. The van der Waals surface area contributed by atoms with E-state index < -0.39 is 4.92 Å². The minimum Gasteiger partial charge on any atom is -0.378 e. The van der Waals surface area contributed by atoms with Crippen LogP contribution >= 0.6 is 11.8 Å². The van der Waals surface area contributed by atoms with Crippen LogP contribution in [0.4, 0.5) is 17.1 Å². The van der Waals surface area contributed by atoms with Crippen LogP contribution in [0.25, 0.3) is 5.69 Å². The Labute approximate surface area is 206 Å². The summed E-state index contributed by atoms with van der Waals surface area (Å²) in [5.74, 6) is 1.07. The molecule has 2 N–H and O–H groups in total. The number of carbonyl (C=O) groups is 1. The van der Waals surface area contributed by atoms with Gasteiger partial charge in [-0.1, -0.05) is 48.2 Å². The van der Waals surface area contributed by atoms with Crippen molar-refractivity contribution in [2.45, 2.75) is 25.0 Å². The van der Waals surface area contributed by atoms with Crippen molar-refractivity contribution in [2.24, 2.45) is 0 Å². The SMILES string of the molecule is Cc1ccccc1NCc1nnc(SCCC(=O)Nc2ccc([N+](=O)[O-])cc2)n1-c1ccccc1. The van der Waals surface area contributed by atoms with Gasteiger partial charge in [0.2, 0.25) is 5.91 Å². The molecule has 0 unspecified atom stereocenters. The van der Waals surface area contributed by atoms with Crippen molar-refractivity contribution in [1.29, 1.82) is 0 Å². The number of hydrogen-bond donors (Lipinski definition) is 2. The van der Waals surface area contributed by atoms with E-state index >= 15 is 0 Å². The van der Waals surface area contributed by atoms with Gasteiger partial charge in [0.15, 0.2) is 11.0 Å². The fourth-order valence-electron chi connectivity index (χ4n) is 3.42. The Morgan fingerprint density at radius 1 is 1.00 bits per heavy atom. The Balaban J connectivity index is 1.41. The number of para-hydroxylation sites is 2. The molecule has 1 aromatic heterocycles. The first kappa shape index (κ1) is 24.0. The molecule has 10 heteroatoms. The highest BCUT2D eigenvalue weighted by atomic mass is 32.2. The number of thioether (sulfide) groups is 1. The van der Waals surface area contributed by atoms with Crippen LogP contribution < -0.4 is 10.6 Å². The number of nitro groups is 1. The van der Waals surface area contributed by atoms with Crippen molar-refractivity contribution in [2.75, 3.05) is 16.4 Å². The summed E-state index contributed by atoms with van der Waals surface area (Å²) in [6.45, 7) is 2.54. The molecule has 1 amide bonds. The Morgan fingerprint density at radius 3 is 2.43 bits per heavy atom. The highest BCUT2D eigenvalue weighted by Gasteiger charge is 2.15. The number of anilines is 2. The molecule has 0 aliphatic carbocycles. The summed E-state index contributed by atoms with van der Waals surface area (Å²) < 4.78 is 1.99. The molecular weight excluding hydrogens is 464 g/mol. The van der Waals surface area contributed by atoms with Crippen LogP contribution in [0.3, 0.4) is 0 Å². The molecule has 0 aliphatic heterocycles. The molecule has 0 fully saturated rings. The van der Waals surface area contributed by atoms with E-state index in [0.29, 0.717) is 23.1 Å². The van der Waals surface area contributed by atoms with Gasteiger partial charge in [-0.05, 0) is 42.8 Å². The molecule has 1 heterocycles. The number of aryl methyl sites for hydroxylation is 1. The topological polar surface area (TPSA) is 115 Å². The third-order valence-electron chi connectivity index (χ3n) is 5.22. The van der Waals surface area contributed by atoms with Crippen LogP contribution in [0, 0.1) is 17.0 Å². The summed E-state index contributed by atoms with van der Waals surface area (Å²) in [5.41, 5.74) is 3.62. The third kappa shape index (κ3) is 6.24. The number of nitrogens with one attached hydrogen (secondary N) is 2. The third-order valence-corrected chi connectivity index (χ3v) is 6.15. The van der Waals surface area contributed by atoms with E-state index in [1.807, 2.05) is 66.1 Å². The number of hydrogen-bond acceptors (Lipinski definition) is 7. The predicted molar refractivity (Wildman–Crippen MR) is 137 cm³/mol. The highest BCUT2D eigenvalue weighted by Crippen LogP contribution is 2.24. The Kier molecular flexibility index (Phi) is 7.74. The van der Waals surface area contributed by atoms with Crippen molar-refractivity contribution >= 4 is 34.7 Å². The van der Waals surface area contributed by atoms with Gasteiger partial charge in [0, 0.05) is 41.4 Å². The molecule has 35 heavy (non-hydrogen) atoms. The molecule has 0 radical (unpaired) electrons. The standard InChI is InChI=1S/C25H24N6O3S/c1-18-7-5-6-10-22(18)26-17-23-28-29-25(30(23)20-8-3-2-4-9-20)35-16-15-24(32)27-19-11-13-21(14-12-19)31(33)34/h2-14,26H,15-17H2,1H3,(H,27,32). The van der Waals surface area contributed by atoms with E-state index in [0.717, 1.165) is 22.8 Å². The van der Waals surface area contributed by atoms with Gasteiger partial charge in [-0.15, -0.1) is 10.2 Å². The average molecular weight is 489 g/mol. The second-order valence-corrected chi connectivity index (χ2v) is 8.75. The van der Waals surface area contributed by atoms with Crippen LogP contribution in [0.1, 0.15) is 17.8 Å². The summed E-state index contributed by atoms with van der Waals surface area (Å²) in [7, 11) is 0. The van der Waals surface area contributed by atoms with Crippen LogP contribution in [0.15, 0.2) is 84.0 Å². The highest BCUT2D eigenvalue weighted by molar-refractivity contribution is 7.99. The lowest BCUT2D eigenvalue weighted by Crippen LogP contribution is -2.12. The van der Waals surface area contributed by atoms with E-state index in [9.17, 15) is 14.9 Å². The average Bonchev–Trinajstić information content (AvgIpc) is 3.27. The van der Waals surface area contributed by atoms with Gasteiger partial charge in [0.25, 0.3) is 5.69 Å². The van der Waals surface area contributed by atoms with E-state index in [-0.39, 0.29) is 18.0 Å². The molecule has 0 saturated carbocycles. The lowest BCUT2D eigenvalue weighted by molar-refractivity contribution is -0.384. The zero-order valence-electron chi connectivity index (χ0n) is 19.0. The molecule has 0 bridgehead atoms. The maximum Gasteiger partial charge on any atom is 0.269 e. The Bertz CT molecular complexity index is 1310. The van der Waals surface area contributed by atoms with Crippen LogP contribution in [-0.2, 0) is 11.3 Å². The van der Waals surface area contributed by atoms with Crippen molar-refractivity contribution in [3.05, 3.63) is 100 Å². The summed E-state index contributed by atoms with van der Waals surface area (Å²) in [5, 5.41) is 26.4. The number of benzene rings is 3. The van der Waals surface area contributed by atoms with Crippen molar-refractivity contribution in [3.63, 3.8) is 0 Å². The van der Waals surface area contributed by atoms with Crippen LogP contribution in [0.5, 0.6) is 0 Å². The number of aromatic nitrogens is 3. The lowest BCUT2D eigenvalue weighted by atomic mass is 10.2. The molecule has 178 valence electrons. The van der Waals surface area contributed by atoms with E-state index in [1.54, 1.807) is 0 Å². The predicted octanol–water partition coefficient (Wildman–Crippen LogP) is 5.22. The number of carbonyl (C=O) groups excluding carboxylic acids is 1. The van der Waals surface area contributed by atoms with Gasteiger partial charge in [0.1, 0.15) is 0 Å². The normalized spacial score (nSPS) is 10.7. The second kappa shape index (κ2) is 11.3. The van der Waals surface area contributed by atoms with E-state index in [4.69, 9.17) is 0 Å².